The third-order valence-corrected chi connectivity index (χ3v) is 1.99. The zero-order valence-corrected chi connectivity index (χ0v) is 8.67. The molecule has 2 N–H and O–H groups in total. The predicted molar refractivity (Wildman–Crippen MR) is 51.0 cm³/mol. The molecule has 0 heterocycles. The lowest BCUT2D eigenvalue weighted by molar-refractivity contribution is -0.0117. The highest BCUT2D eigenvalue weighted by atomic mass is 16.3. The molecule has 0 fully saturated rings. The van der Waals surface area contributed by atoms with Gasteiger partial charge in [-0.15, -0.1) is 0 Å². The predicted octanol–water partition coefficient (Wildman–Crippen LogP) is 1.94. The van der Waals surface area contributed by atoms with Gasteiger partial charge in [-0.2, -0.15) is 0 Å². The number of rotatable bonds is 5. The van der Waals surface area contributed by atoms with E-state index in [1.54, 1.807) is 6.92 Å². The summed E-state index contributed by atoms with van der Waals surface area (Å²) in [6.07, 6.45) is 1.60. The van der Waals surface area contributed by atoms with Crippen LogP contribution in [0, 0.1) is 5.92 Å². The topological polar surface area (TPSA) is 40.5 Å². The maximum atomic E-state index is 9.83. The van der Waals surface area contributed by atoms with Crippen LogP contribution in [-0.4, -0.2) is 21.9 Å². The molecule has 2 atom stereocenters. The summed E-state index contributed by atoms with van der Waals surface area (Å²) in [5, 5.41) is 19.2. The molecule has 12 heavy (non-hydrogen) atoms. The molecule has 0 radical (unpaired) electrons. The van der Waals surface area contributed by atoms with Crippen molar-refractivity contribution in [2.45, 2.75) is 58.7 Å². The monoisotopic (exact) mass is 174 g/mol. The van der Waals surface area contributed by atoms with Crippen LogP contribution in [0.2, 0.25) is 0 Å². The first-order chi connectivity index (χ1) is 5.37. The van der Waals surface area contributed by atoms with Gasteiger partial charge < -0.3 is 10.2 Å². The third kappa shape index (κ3) is 5.56. The number of hydrogen-bond acceptors (Lipinski definition) is 2. The van der Waals surface area contributed by atoms with Crippen LogP contribution >= 0.6 is 0 Å². The molecule has 0 spiro atoms. The zero-order chi connectivity index (χ0) is 9.78. The molecular weight excluding hydrogens is 152 g/mol. The van der Waals surface area contributed by atoms with E-state index in [-0.39, 0.29) is 6.10 Å². The van der Waals surface area contributed by atoms with E-state index in [9.17, 15) is 10.2 Å². The molecule has 2 unspecified atom stereocenters. The Kier molecular flexibility index (Phi) is 4.80. The van der Waals surface area contributed by atoms with Crippen molar-refractivity contribution in [2.24, 2.45) is 5.92 Å². The lowest BCUT2D eigenvalue weighted by Crippen LogP contribution is -2.31. The van der Waals surface area contributed by atoms with Crippen molar-refractivity contribution in [2.75, 3.05) is 0 Å². The minimum Gasteiger partial charge on any atom is -0.393 e. The Labute approximate surface area is 75.6 Å². The van der Waals surface area contributed by atoms with Crippen molar-refractivity contribution in [3.63, 3.8) is 0 Å². The van der Waals surface area contributed by atoms with Gasteiger partial charge in [0.15, 0.2) is 0 Å². The molecule has 0 amide bonds. The molecule has 0 aromatic rings. The summed E-state index contributed by atoms with van der Waals surface area (Å²) in [4.78, 5) is 0. The fourth-order valence-electron chi connectivity index (χ4n) is 1.61. The molecule has 0 rings (SSSR count). The number of hydrogen-bond donors (Lipinski definition) is 2. The van der Waals surface area contributed by atoms with Crippen LogP contribution in [0.5, 0.6) is 0 Å². The van der Waals surface area contributed by atoms with Gasteiger partial charge in [0.05, 0.1) is 11.7 Å². The fourth-order valence-corrected chi connectivity index (χ4v) is 1.61. The Morgan fingerprint density at radius 1 is 1.25 bits per heavy atom. The third-order valence-electron chi connectivity index (χ3n) is 1.99. The van der Waals surface area contributed by atoms with Crippen LogP contribution in [0.3, 0.4) is 0 Å². The Bertz CT molecular complexity index is 119. The highest BCUT2D eigenvalue weighted by Crippen LogP contribution is 2.22. The summed E-state index contributed by atoms with van der Waals surface area (Å²) in [6.45, 7) is 7.88. The summed E-state index contributed by atoms with van der Waals surface area (Å²) in [6, 6.07) is 0. The van der Waals surface area contributed by atoms with Gasteiger partial charge in [0.25, 0.3) is 0 Å². The van der Waals surface area contributed by atoms with Gasteiger partial charge in [-0.1, -0.05) is 20.8 Å². The SMILES string of the molecule is CCC(O)CC(C)(O)CC(C)C. The van der Waals surface area contributed by atoms with Gasteiger partial charge in [-0.25, -0.2) is 0 Å². The average Bonchev–Trinajstić information content (AvgIpc) is 1.83. The second kappa shape index (κ2) is 4.83. The van der Waals surface area contributed by atoms with Crippen molar-refractivity contribution in [1.82, 2.24) is 0 Å². The van der Waals surface area contributed by atoms with E-state index < -0.39 is 5.60 Å². The molecule has 0 aromatic carbocycles. The van der Waals surface area contributed by atoms with E-state index in [2.05, 4.69) is 13.8 Å². The van der Waals surface area contributed by atoms with E-state index >= 15 is 0 Å². The molecule has 0 aliphatic heterocycles. The van der Waals surface area contributed by atoms with Gasteiger partial charge in [0.2, 0.25) is 0 Å². The molecule has 2 heteroatoms. The Balaban J connectivity index is 3.85. The second-order valence-corrected chi connectivity index (χ2v) is 4.36. The first kappa shape index (κ1) is 11.9. The Morgan fingerprint density at radius 2 is 1.75 bits per heavy atom. The van der Waals surface area contributed by atoms with Crippen LogP contribution in [0.25, 0.3) is 0 Å². The molecule has 0 aromatic heterocycles. The van der Waals surface area contributed by atoms with E-state index in [0.717, 1.165) is 6.42 Å². The van der Waals surface area contributed by atoms with Gasteiger partial charge >= 0.3 is 0 Å². The van der Waals surface area contributed by atoms with Crippen LogP contribution in [-0.2, 0) is 0 Å². The normalized spacial score (nSPS) is 19.2. The van der Waals surface area contributed by atoms with E-state index in [1.165, 1.54) is 0 Å². The Morgan fingerprint density at radius 3 is 2.08 bits per heavy atom. The fraction of sp³-hybridized carbons (Fsp3) is 1.00. The Hall–Kier alpha value is -0.0800. The maximum Gasteiger partial charge on any atom is 0.0646 e. The summed E-state index contributed by atoms with van der Waals surface area (Å²) in [7, 11) is 0. The van der Waals surface area contributed by atoms with Crippen molar-refractivity contribution < 1.29 is 10.2 Å². The van der Waals surface area contributed by atoms with Gasteiger partial charge in [-0.3, -0.25) is 0 Å². The van der Waals surface area contributed by atoms with Crippen molar-refractivity contribution in [3.05, 3.63) is 0 Å². The van der Waals surface area contributed by atoms with Gasteiger partial charge in [0.1, 0.15) is 0 Å². The largest absolute Gasteiger partial charge is 0.393 e. The first-order valence-electron chi connectivity index (χ1n) is 4.78. The molecule has 2 nitrogen and oxygen atoms in total. The van der Waals surface area contributed by atoms with Gasteiger partial charge in [-0.05, 0) is 25.7 Å². The molecule has 0 saturated carbocycles. The first-order valence-corrected chi connectivity index (χ1v) is 4.78. The van der Waals surface area contributed by atoms with Crippen molar-refractivity contribution >= 4 is 0 Å². The summed E-state index contributed by atoms with van der Waals surface area (Å²) < 4.78 is 0. The minimum atomic E-state index is -0.705. The molecule has 0 bridgehead atoms. The zero-order valence-electron chi connectivity index (χ0n) is 8.67. The second-order valence-electron chi connectivity index (χ2n) is 4.36. The lowest BCUT2D eigenvalue weighted by Gasteiger charge is -2.27. The summed E-state index contributed by atoms with van der Waals surface area (Å²) in [5.41, 5.74) is -0.705. The summed E-state index contributed by atoms with van der Waals surface area (Å²) in [5.74, 6) is 0.476. The van der Waals surface area contributed by atoms with Crippen molar-refractivity contribution in [3.8, 4) is 0 Å². The number of aliphatic hydroxyl groups excluding tert-OH is 1. The highest BCUT2D eigenvalue weighted by Gasteiger charge is 2.24. The minimum absolute atomic E-state index is 0.362. The maximum absolute atomic E-state index is 9.83. The number of aliphatic hydroxyl groups is 2. The molecule has 0 aliphatic rings. The van der Waals surface area contributed by atoms with Crippen LogP contribution in [0.1, 0.15) is 47.0 Å². The van der Waals surface area contributed by atoms with E-state index in [4.69, 9.17) is 0 Å². The smallest absolute Gasteiger partial charge is 0.0646 e. The van der Waals surface area contributed by atoms with Crippen LogP contribution < -0.4 is 0 Å². The highest BCUT2D eigenvalue weighted by molar-refractivity contribution is 4.77. The standard InChI is InChI=1S/C10H22O2/c1-5-9(11)7-10(4,12)6-8(2)3/h8-9,11-12H,5-7H2,1-4H3. The quantitative estimate of drug-likeness (QED) is 0.668. The van der Waals surface area contributed by atoms with Crippen LogP contribution in [0.15, 0.2) is 0 Å². The summed E-state index contributed by atoms with van der Waals surface area (Å²) >= 11 is 0. The average molecular weight is 174 g/mol. The van der Waals surface area contributed by atoms with E-state index in [1.807, 2.05) is 6.92 Å². The molecule has 74 valence electrons. The molecular formula is C10H22O2. The van der Waals surface area contributed by atoms with Gasteiger partial charge in [0, 0.05) is 6.42 Å². The van der Waals surface area contributed by atoms with E-state index in [0.29, 0.717) is 18.8 Å². The lowest BCUT2D eigenvalue weighted by atomic mass is 9.88. The van der Waals surface area contributed by atoms with Crippen molar-refractivity contribution in [1.29, 1.82) is 0 Å². The molecule has 0 aliphatic carbocycles. The molecule has 0 saturated heterocycles. The van der Waals surface area contributed by atoms with Crippen LogP contribution in [0.4, 0.5) is 0 Å².